The van der Waals surface area contributed by atoms with E-state index in [0.717, 1.165) is 0 Å². The monoisotopic (exact) mass is 292 g/mol. The molecule has 0 aromatic carbocycles. The van der Waals surface area contributed by atoms with Gasteiger partial charge in [-0.25, -0.2) is 0 Å². The van der Waals surface area contributed by atoms with E-state index in [0.29, 0.717) is 0 Å². The molecule has 1 heterocycles. The van der Waals surface area contributed by atoms with Crippen LogP contribution in [0.2, 0.25) is 0 Å². The van der Waals surface area contributed by atoms with Crippen LogP contribution in [0.15, 0.2) is 30.6 Å². The van der Waals surface area contributed by atoms with E-state index in [4.69, 9.17) is 0 Å². The van der Waals surface area contributed by atoms with Gasteiger partial charge in [0.15, 0.2) is 0 Å². The number of rotatable bonds is 0. The van der Waals surface area contributed by atoms with E-state index in [1.807, 2.05) is 18.2 Å². The Morgan fingerprint density at radius 3 is 1.33 bits per heavy atom. The third-order valence-corrected chi connectivity index (χ3v) is 0.566. The molecule has 4 heteroatoms. The Bertz CT molecular complexity index is 86.9. The normalized spacial score (nSPS) is 5.33. The van der Waals surface area contributed by atoms with Crippen molar-refractivity contribution in [3.05, 3.63) is 30.6 Å². The maximum absolute atomic E-state index is 3.78. The molecule has 0 saturated heterocycles. The van der Waals surface area contributed by atoms with Crippen LogP contribution in [0, 0.1) is 0 Å². The van der Waals surface area contributed by atoms with Crippen molar-refractivity contribution in [3.63, 3.8) is 0 Å². The van der Waals surface area contributed by atoms with E-state index in [2.05, 4.69) is 4.98 Å². The zero-order valence-electron chi connectivity index (χ0n) is 4.47. The van der Waals surface area contributed by atoms with Gasteiger partial charge < -0.3 is 34.0 Å². The van der Waals surface area contributed by atoms with Crippen molar-refractivity contribution < 1.29 is 51.0 Å². The van der Waals surface area contributed by atoms with Gasteiger partial charge in [0.25, 0.3) is 0 Å². The number of nitrogens with zero attached hydrogens (tertiary/aromatic N) is 1. The van der Waals surface area contributed by atoms with Crippen molar-refractivity contribution in [3.8, 4) is 0 Å². The fourth-order valence-corrected chi connectivity index (χ4v) is 0.313. The van der Waals surface area contributed by atoms with Gasteiger partial charge in [-0.2, -0.15) is 0 Å². The first-order valence-corrected chi connectivity index (χ1v) is 1.85. The Kier molecular flexibility index (Phi) is 20.7. The molecule has 9 heavy (non-hydrogen) atoms. The molecule has 0 N–H and O–H groups in total. The number of hydrogen-bond acceptors (Lipinski definition) is 1. The van der Waals surface area contributed by atoms with E-state index in [1.165, 1.54) is 0 Å². The predicted octanol–water partition coefficient (Wildman–Crippen LogP) is -4.91. The molecule has 1 nitrogen and oxygen atoms in total. The smallest absolute Gasteiger partial charge is 1.00 e. The van der Waals surface area contributed by atoms with Gasteiger partial charge in [-0.3, -0.25) is 4.98 Å². The van der Waals surface area contributed by atoms with E-state index >= 15 is 0 Å². The summed E-state index contributed by atoms with van der Waals surface area (Å²) in [6.07, 6.45) is 3.50. The minimum absolute atomic E-state index is 0. The van der Waals surface area contributed by atoms with Gasteiger partial charge in [0, 0.05) is 12.4 Å². The number of hydrogen-bond donors (Lipinski definition) is 0. The van der Waals surface area contributed by atoms with Crippen molar-refractivity contribution in [2.45, 2.75) is 0 Å². The Morgan fingerprint density at radius 1 is 0.778 bits per heavy atom. The molecule has 0 saturated carbocycles. The third kappa shape index (κ3) is 8.63. The van der Waals surface area contributed by atoms with Gasteiger partial charge in [-0.05, 0) is 12.1 Å². The molecule has 0 unspecified atom stereocenters. The van der Waals surface area contributed by atoms with Crippen LogP contribution >= 0.6 is 0 Å². The van der Waals surface area contributed by atoms with E-state index in [9.17, 15) is 0 Å². The van der Waals surface area contributed by atoms with Crippen molar-refractivity contribution >= 4 is 0 Å². The maximum Gasteiger partial charge on any atom is 2.00 e. The van der Waals surface area contributed by atoms with Crippen molar-refractivity contribution in [1.82, 2.24) is 4.98 Å². The topological polar surface area (TPSA) is 12.9 Å². The molecule has 1 aromatic heterocycles. The molecule has 0 atom stereocenters. The van der Waals surface area contributed by atoms with Gasteiger partial charge in [-0.1, -0.05) is 6.07 Å². The number of halogens is 2. The summed E-state index contributed by atoms with van der Waals surface area (Å²) < 4.78 is 0. The summed E-state index contributed by atoms with van der Waals surface area (Å²) in [6.45, 7) is 0. The second-order valence-electron chi connectivity index (χ2n) is 1.02. The molecule has 1 rings (SSSR count). The fraction of sp³-hybridized carbons (Fsp3) is 0. The van der Waals surface area contributed by atoms with Gasteiger partial charge in [0.1, 0.15) is 0 Å². The number of aromatic nitrogens is 1. The van der Waals surface area contributed by atoms with Crippen LogP contribution in [0.25, 0.3) is 0 Å². The number of pyridine rings is 1. The average Bonchev–Trinajstić information content (AvgIpc) is 1.72. The molecule has 0 fully saturated rings. The van der Waals surface area contributed by atoms with Crippen LogP contribution < -0.4 is 34.0 Å². The van der Waals surface area contributed by atoms with E-state index < -0.39 is 0 Å². The molecule has 0 amide bonds. The first-order valence-electron chi connectivity index (χ1n) is 1.85. The summed E-state index contributed by atoms with van der Waals surface area (Å²) in [6, 6.07) is 5.72. The summed E-state index contributed by atoms with van der Waals surface area (Å²) in [5, 5.41) is 0. The molecule has 0 bridgehead atoms. The molecule has 0 aliphatic heterocycles. The van der Waals surface area contributed by atoms with Gasteiger partial charge in [0.05, 0.1) is 0 Å². The Hall–Kier alpha value is 0.629. The van der Waals surface area contributed by atoms with Crippen LogP contribution in [0.5, 0.6) is 0 Å². The summed E-state index contributed by atoms with van der Waals surface area (Å²) in [5.41, 5.74) is 0. The standard InChI is InChI=1S/C5H5N.2BrH.Mn/c1-2-4-6-5-3-1;;;/h1-5H;2*1H;/q;;;+2/p-2. The summed E-state index contributed by atoms with van der Waals surface area (Å²) >= 11 is 0. The van der Waals surface area contributed by atoms with E-state index in [-0.39, 0.29) is 51.0 Å². The molecule has 0 aliphatic carbocycles. The maximum atomic E-state index is 3.78. The molecule has 1 aromatic rings. The van der Waals surface area contributed by atoms with Crippen LogP contribution in [0.4, 0.5) is 0 Å². The molecular weight excluding hydrogens is 289 g/mol. The van der Waals surface area contributed by atoms with Crippen LogP contribution in [0.3, 0.4) is 0 Å². The first kappa shape index (κ1) is 16.3. The van der Waals surface area contributed by atoms with Gasteiger partial charge in [-0.15, -0.1) is 0 Å². The predicted molar refractivity (Wildman–Crippen MR) is 24.2 cm³/mol. The molecule has 1 radical (unpaired) electrons. The zero-order valence-corrected chi connectivity index (χ0v) is 8.82. The zero-order chi connectivity index (χ0) is 4.24. The minimum Gasteiger partial charge on any atom is -1.00 e. The second-order valence-corrected chi connectivity index (χ2v) is 1.02. The quantitative estimate of drug-likeness (QED) is 0.437. The van der Waals surface area contributed by atoms with Crippen LogP contribution in [-0.2, 0) is 17.1 Å². The van der Waals surface area contributed by atoms with Crippen LogP contribution in [0.1, 0.15) is 0 Å². The summed E-state index contributed by atoms with van der Waals surface area (Å²) in [5.74, 6) is 0. The Balaban J connectivity index is -0.000000120. The first-order chi connectivity index (χ1) is 3.00. The molecular formula is C5H5Br2MnN. The Morgan fingerprint density at radius 2 is 1.22 bits per heavy atom. The SMILES string of the molecule is [Br-].[Br-].[Mn+2].c1ccncc1. The second kappa shape index (κ2) is 11.4. The third-order valence-electron chi connectivity index (χ3n) is 0.566. The average molecular weight is 294 g/mol. The Labute approximate surface area is 86.3 Å². The summed E-state index contributed by atoms with van der Waals surface area (Å²) in [7, 11) is 0. The molecule has 51 valence electrons. The van der Waals surface area contributed by atoms with Crippen molar-refractivity contribution in [2.75, 3.05) is 0 Å². The minimum atomic E-state index is 0. The van der Waals surface area contributed by atoms with Crippen LogP contribution in [-0.4, -0.2) is 4.98 Å². The summed E-state index contributed by atoms with van der Waals surface area (Å²) in [4.78, 5) is 3.78. The molecule has 0 aliphatic rings. The fourth-order valence-electron chi connectivity index (χ4n) is 0.313. The van der Waals surface area contributed by atoms with Crippen molar-refractivity contribution in [2.24, 2.45) is 0 Å². The van der Waals surface area contributed by atoms with Gasteiger partial charge >= 0.3 is 17.1 Å². The largest absolute Gasteiger partial charge is 2.00 e. The van der Waals surface area contributed by atoms with E-state index in [1.54, 1.807) is 12.4 Å². The van der Waals surface area contributed by atoms with Gasteiger partial charge in [0.2, 0.25) is 0 Å². The molecule has 0 spiro atoms. The van der Waals surface area contributed by atoms with Crippen molar-refractivity contribution in [1.29, 1.82) is 0 Å².